The topological polar surface area (TPSA) is 60.9 Å². The van der Waals surface area contributed by atoms with E-state index >= 15 is 0 Å². The van der Waals surface area contributed by atoms with Gasteiger partial charge >= 0.3 is 0 Å². The second-order valence-electron chi connectivity index (χ2n) is 7.81. The first-order chi connectivity index (χ1) is 12.8. The fourth-order valence-electron chi connectivity index (χ4n) is 3.99. The van der Waals surface area contributed by atoms with Gasteiger partial charge in [0, 0.05) is 44.8 Å². The van der Waals surface area contributed by atoms with Crippen LogP contribution in [-0.2, 0) is 10.2 Å². The molecule has 1 saturated carbocycles. The first-order valence-corrected chi connectivity index (χ1v) is 11.3. The molecule has 27 heavy (non-hydrogen) atoms. The van der Waals surface area contributed by atoms with E-state index in [1.807, 2.05) is 32.0 Å². The molecule has 1 aromatic rings. The Hall–Kier alpha value is -1.44. The molecule has 1 aromatic carbocycles. The molecule has 3 rings (SSSR count). The zero-order valence-corrected chi connectivity index (χ0v) is 17.5. The molecule has 0 N–H and O–H groups in total. The fraction of sp³-hybridized carbons (Fsp3) is 0.650. The first kappa shape index (κ1) is 20.3. The van der Waals surface area contributed by atoms with E-state index in [4.69, 9.17) is 0 Å². The lowest BCUT2D eigenvalue weighted by Crippen LogP contribution is -2.55. The Labute approximate surface area is 163 Å². The monoisotopic (exact) mass is 393 g/mol. The van der Waals surface area contributed by atoms with E-state index in [1.165, 1.54) is 10.7 Å². The number of aryl methyl sites for hydroxylation is 2. The molecule has 1 heterocycles. The van der Waals surface area contributed by atoms with E-state index in [1.54, 1.807) is 16.3 Å². The van der Waals surface area contributed by atoms with Gasteiger partial charge in [0.2, 0.25) is 0 Å². The summed E-state index contributed by atoms with van der Waals surface area (Å²) in [7, 11) is -1.75. The number of hydrogen-bond donors (Lipinski definition) is 0. The predicted octanol–water partition coefficient (Wildman–Crippen LogP) is 2.57. The smallest absolute Gasteiger partial charge is 0.282 e. The third-order valence-electron chi connectivity index (χ3n) is 6.06. The Morgan fingerprint density at radius 1 is 1.00 bits per heavy atom. The Balaban J connectivity index is 1.62. The molecular formula is C20H31N3O3S. The Bertz CT molecular complexity index is 780. The normalized spacial score (nSPS) is 20.2. The van der Waals surface area contributed by atoms with E-state index in [-0.39, 0.29) is 11.9 Å². The molecule has 0 spiro atoms. The minimum absolute atomic E-state index is 0.0178. The molecule has 2 fully saturated rings. The lowest BCUT2D eigenvalue weighted by atomic mass is 9.96. The quantitative estimate of drug-likeness (QED) is 0.790. The first-order valence-electron chi connectivity index (χ1n) is 9.90. The molecule has 1 aliphatic carbocycles. The van der Waals surface area contributed by atoms with Gasteiger partial charge in [0.05, 0.1) is 0 Å². The van der Waals surface area contributed by atoms with Crippen molar-refractivity contribution in [2.24, 2.45) is 0 Å². The number of carbonyl (C=O) groups excluding carboxylic acids is 1. The van der Waals surface area contributed by atoms with Crippen molar-refractivity contribution in [3.05, 3.63) is 34.9 Å². The van der Waals surface area contributed by atoms with Crippen LogP contribution < -0.4 is 0 Å². The van der Waals surface area contributed by atoms with Crippen molar-refractivity contribution in [2.45, 2.75) is 52.0 Å². The zero-order chi connectivity index (χ0) is 19.6. The summed E-state index contributed by atoms with van der Waals surface area (Å²) in [6, 6.07) is 5.84. The summed E-state index contributed by atoms with van der Waals surface area (Å²) >= 11 is 0. The molecule has 1 amide bonds. The van der Waals surface area contributed by atoms with Crippen LogP contribution in [0, 0.1) is 13.8 Å². The summed E-state index contributed by atoms with van der Waals surface area (Å²) in [5, 5.41) is 0. The maximum Gasteiger partial charge on any atom is 0.282 e. The molecular weight excluding hydrogens is 362 g/mol. The van der Waals surface area contributed by atoms with E-state index in [9.17, 15) is 13.2 Å². The molecule has 0 radical (unpaired) electrons. The maximum absolute atomic E-state index is 13.0. The summed E-state index contributed by atoms with van der Waals surface area (Å²) in [5.74, 6) is -0.0178. The molecule has 0 aromatic heterocycles. The van der Waals surface area contributed by atoms with Crippen LogP contribution in [0.4, 0.5) is 0 Å². The maximum atomic E-state index is 13.0. The minimum Gasteiger partial charge on any atom is -0.336 e. The van der Waals surface area contributed by atoms with Crippen molar-refractivity contribution in [1.82, 2.24) is 13.5 Å². The molecule has 150 valence electrons. The lowest BCUT2D eigenvalue weighted by Gasteiger charge is -2.38. The number of carbonyl (C=O) groups is 1. The van der Waals surface area contributed by atoms with Gasteiger partial charge in [-0.25, -0.2) is 0 Å². The summed E-state index contributed by atoms with van der Waals surface area (Å²) in [4.78, 5) is 14.5. The molecule has 0 unspecified atom stereocenters. The molecule has 2 aliphatic rings. The largest absolute Gasteiger partial charge is 0.336 e. The standard InChI is InChI=1S/C20H31N3O3S/c1-16-9-10-18(15-17(16)2)20(24)22-11-13-23(14-12-22)27(25,26)21(3)19-7-5-4-6-8-19/h9-10,15,19H,4-8,11-14H2,1-3H3. The van der Waals surface area contributed by atoms with Crippen molar-refractivity contribution in [1.29, 1.82) is 0 Å². The zero-order valence-electron chi connectivity index (χ0n) is 16.6. The molecule has 0 atom stereocenters. The van der Waals surface area contributed by atoms with Crippen molar-refractivity contribution in [3.8, 4) is 0 Å². The highest BCUT2D eigenvalue weighted by Gasteiger charge is 2.35. The highest BCUT2D eigenvalue weighted by molar-refractivity contribution is 7.86. The average molecular weight is 394 g/mol. The van der Waals surface area contributed by atoms with Crippen molar-refractivity contribution in [2.75, 3.05) is 33.2 Å². The van der Waals surface area contributed by atoms with E-state index in [2.05, 4.69) is 0 Å². The van der Waals surface area contributed by atoms with Crippen LogP contribution in [-0.4, -0.2) is 67.1 Å². The fourth-order valence-corrected chi connectivity index (χ4v) is 5.57. The third-order valence-corrected chi connectivity index (χ3v) is 8.10. The Morgan fingerprint density at radius 2 is 1.63 bits per heavy atom. The van der Waals surface area contributed by atoms with Crippen molar-refractivity contribution >= 4 is 16.1 Å². The van der Waals surface area contributed by atoms with Crippen LogP contribution >= 0.6 is 0 Å². The van der Waals surface area contributed by atoms with E-state index < -0.39 is 10.2 Å². The van der Waals surface area contributed by atoms with Crippen LogP contribution in [0.25, 0.3) is 0 Å². The number of nitrogens with zero attached hydrogens (tertiary/aromatic N) is 3. The molecule has 0 bridgehead atoms. The highest BCUT2D eigenvalue weighted by atomic mass is 32.2. The van der Waals surface area contributed by atoms with Gasteiger partial charge in [-0.05, 0) is 49.9 Å². The highest BCUT2D eigenvalue weighted by Crippen LogP contribution is 2.25. The summed E-state index contributed by atoms with van der Waals surface area (Å²) < 4.78 is 29.0. The number of hydrogen-bond acceptors (Lipinski definition) is 3. The second-order valence-corrected chi connectivity index (χ2v) is 9.79. The average Bonchev–Trinajstić information content (AvgIpc) is 2.69. The predicted molar refractivity (Wildman–Crippen MR) is 107 cm³/mol. The van der Waals surface area contributed by atoms with Gasteiger partial charge < -0.3 is 4.90 Å². The van der Waals surface area contributed by atoms with Crippen molar-refractivity contribution in [3.63, 3.8) is 0 Å². The second kappa shape index (κ2) is 8.29. The molecule has 6 nitrogen and oxygen atoms in total. The van der Waals surface area contributed by atoms with Gasteiger partial charge in [-0.3, -0.25) is 4.79 Å². The summed E-state index contributed by atoms with van der Waals surface area (Å²) in [6.45, 7) is 5.60. The number of benzene rings is 1. The SMILES string of the molecule is Cc1ccc(C(=O)N2CCN(S(=O)(=O)N(C)C3CCCCC3)CC2)cc1C. The van der Waals surface area contributed by atoms with Crippen LogP contribution in [0.1, 0.15) is 53.6 Å². The molecule has 7 heteroatoms. The van der Waals surface area contributed by atoms with Crippen LogP contribution in [0.3, 0.4) is 0 Å². The van der Waals surface area contributed by atoms with E-state index in [0.29, 0.717) is 31.7 Å². The minimum atomic E-state index is -3.46. The van der Waals surface area contributed by atoms with E-state index in [0.717, 1.165) is 36.8 Å². The van der Waals surface area contributed by atoms with Gasteiger partial charge in [-0.15, -0.1) is 0 Å². The van der Waals surface area contributed by atoms with Crippen LogP contribution in [0.5, 0.6) is 0 Å². The molecule has 1 saturated heterocycles. The van der Waals surface area contributed by atoms with Gasteiger partial charge in [-0.2, -0.15) is 17.0 Å². The number of piperazine rings is 1. The number of rotatable bonds is 4. The summed E-state index contributed by atoms with van der Waals surface area (Å²) in [5.41, 5.74) is 2.93. The summed E-state index contributed by atoms with van der Waals surface area (Å²) in [6.07, 6.45) is 5.29. The van der Waals surface area contributed by atoms with Crippen molar-refractivity contribution < 1.29 is 13.2 Å². The van der Waals surface area contributed by atoms with Crippen LogP contribution in [0.15, 0.2) is 18.2 Å². The van der Waals surface area contributed by atoms with Gasteiger partial charge in [0.15, 0.2) is 0 Å². The third kappa shape index (κ3) is 4.36. The Morgan fingerprint density at radius 3 is 2.22 bits per heavy atom. The van der Waals surface area contributed by atoms with Gasteiger partial charge in [-0.1, -0.05) is 25.3 Å². The Kier molecular flexibility index (Phi) is 6.23. The van der Waals surface area contributed by atoms with Gasteiger partial charge in [0.25, 0.3) is 16.1 Å². The molecule has 1 aliphatic heterocycles. The van der Waals surface area contributed by atoms with Gasteiger partial charge in [0.1, 0.15) is 0 Å². The number of amides is 1. The van der Waals surface area contributed by atoms with Crippen LogP contribution in [0.2, 0.25) is 0 Å². The lowest BCUT2D eigenvalue weighted by molar-refractivity contribution is 0.0692.